The molecule has 0 spiro atoms. The summed E-state index contributed by atoms with van der Waals surface area (Å²) < 4.78 is 0. The van der Waals surface area contributed by atoms with Gasteiger partial charge in [0.2, 0.25) is 0 Å². The van der Waals surface area contributed by atoms with Crippen molar-refractivity contribution in [3.8, 4) is 0 Å². The average Bonchev–Trinajstić information content (AvgIpc) is 2.85. The second-order valence-electron chi connectivity index (χ2n) is 4.88. The highest BCUT2D eigenvalue weighted by Crippen LogP contribution is 2.23. The Morgan fingerprint density at radius 2 is 2.13 bits per heavy atom. The summed E-state index contributed by atoms with van der Waals surface area (Å²) in [5, 5.41) is 0. The maximum absolute atomic E-state index is 5.72. The number of nitrogens with zero attached hydrogens (tertiary/aromatic N) is 2. The molecule has 0 amide bonds. The lowest BCUT2D eigenvalue weighted by Gasteiger charge is -2.24. The molecule has 2 aliphatic rings. The van der Waals surface area contributed by atoms with Gasteiger partial charge in [0.1, 0.15) is 0 Å². The highest BCUT2D eigenvalue weighted by Gasteiger charge is 2.31. The number of likely N-dealkylation sites (tertiary alicyclic amines) is 2. The summed E-state index contributed by atoms with van der Waals surface area (Å²) in [6.07, 6.45) is 4.63. The Morgan fingerprint density at radius 1 is 1.27 bits per heavy atom. The van der Waals surface area contributed by atoms with Crippen molar-refractivity contribution in [3.05, 3.63) is 12.7 Å². The van der Waals surface area contributed by atoms with Crippen LogP contribution in [0.4, 0.5) is 0 Å². The van der Waals surface area contributed by atoms with E-state index < -0.39 is 0 Å². The zero-order chi connectivity index (χ0) is 10.7. The number of nitrogens with two attached hydrogens (primary N) is 1. The first-order chi connectivity index (χ1) is 7.33. The summed E-state index contributed by atoms with van der Waals surface area (Å²) in [5.41, 5.74) is 5.72. The van der Waals surface area contributed by atoms with E-state index in [2.05, 4.69) is 16.4 Å². The Hall–Kier alpha value is -0.380. The van der Waals surface area contributed by atoms with Crippen LogP contribution in [0.3, 0.4) is 0 Å². The van der Waals surface area contributed by atoms with E-state index in [1.54, 1.807) is 0 Å². The molecular weight excluding hydrogens is 186 g/mol. The highest BCUT2D eigenvalue weighted by molar-refractivity contribution is 4.89. The molecule has 0 bridgehead atoms. The smallest absolute Gasteiger partial charge is 0.0235 e. The van der Waals surface area contributed by atoms with Gasteiger partial charge in [-0.1, -0.05) is 6.08 Å². The first-order valence-corrected chi connectivity index (χ1v) is 6.11. The zero-order valence-corrected chi connectivity index (χ0v) is 9.57. The van der Waals surface area contributed by atoms with Gasteiger partial charge in [0.25, 0.3) is 0 Å². The summed E-state index contributed by atoms with van der Waals surface area (Å²) in [7, 11) is 0. The standard InChI is InChI=1S/C12H23N3/c1-2-5-14-6-4-12(10-14)15-7-3-11(8-13)9-15/h2,11-12H,1,3-10,13H2. The summed E-state index contributed by atoms with van der Waals surface area (Å²) >= 11 is 0. The second kappa shape index (κ2) is 5.10. The zero-order valence-electron chi connectivity index (χ0n) is 9.57. The van der Waals surface area contributed by atoms with Crippen molar-refractivity contribution in [2.24, 2.45) is 11.7 Å². The van der Waals surface area contributed by atoms with Crippen LogP contribution >= 0.6 is 0 Å². The largest absolute Gasteiger partial charge is 0.330 e. The van der Waals surface area contributed by atoms with Crippen molar-refractivity contribution in [1.29, 1.82) is 0 Å². The van der Waals surface area contributed by atoms with Crippen LogP contribution in [0, 0.1) is 5.92 Å². The predicted molar refractivity (Wildman–Crippen MR) is 63.8 cm³/mol. The fourth-order valence-corrected chi connectivity index (χ4v) is 2.85. The maximum atomic E-state index is 5.72. The van der Waals surface area contributed by atoms with Gasteiger partial charge in [-0.25, -0.2) is 0 Å². The van der Waals surface area contributed by atoms with Crippen molar-refractivity contribution in [2.45, 2.75) is 18.9 Å². The first kappa shape index (κ1) is 11.1. The Kier molecular flexibility index (Phi) is 3.78. The van der Waals surface area contributed by atoms with Crippen LogP contribution in [0.2, 0.25) is 0 Å². The predicted octanol–water partition coefficient (Wildman–Crippen LogP) is 0.527. The lowest BCUT2D eigenvalue weighted by molar-refractivity contribution is 0.230. The number of hydrogen-bond acceptors (Lipinski definition) is 3. The minimum Gasteiger partial charge on any atom is -0.330 e. The summed E-state index contributed by atoms with van der Waals surface area (Å²) in [5.74, 6) is 0.749. The van der Waals surface area contributed by atoms with Gasteiger partial charge in [0, 0.05) is 32.2 Å². The average molecular weight is 209 g/mol. The van der Waals surface area contributed by atoms with Crippen LogP contribution < -0.4 is 5.73 Å². The van der Waals surface area contributed by atoms with Gasteiger partial charge in [0.05, 0.1) is 0 Å². The third-order valence-corrected chi connectivity index (χ3v) is 3.80. The molecule has 2 saturated heterocycles. The van der Waals surface area contributed by atoms with E-state index in [9.17, 15) is 0 Å². The SMILES string of the molecule is C=CCN1CCC(N2CCC(CN)C2)C1. The van der Waals surface area contributed by atoms with Crippen molar-refractivity contribution in [3.63, 3.8) is 0 Å². The van der Waals surface area contributed by atoms with Crippen LogP contribution in [0.15, 0.2) is 12.7 Å². The van der Waals surface area contributed by atoms with E-state index in [4.69, 9.17) is 5.73 Å². The third kappa shape index (κ3) is 2.60. The molecule has 2 fully saturated rings. The molecule has 2 N–H and O–H groups in total. The lowest BCUT2D eigenvalue weighted by Crippen LogP contribution is -2.36. The van der Waals surface area contributed by atoms with Crippen LogP contribution in [0.25, 0.3) is 0 Å². The van der Waals surface area contributed by atoms with Crippen LogP contribution in [0.5, 0.6) is 0 Å². The summed E-state index contributed by atoms with van der Waals surface area (Å²) in [6, 6.07) is 0.779. The van der Waals surface area contributed by atoms with Gasteiger partial charge in [-0.2, -0.15) is 0 Å². The van der Waals surface area contributed by atoms with Gasteiger partial charge in [-0.15, -0.1) is 6.58 Å². The van der Waals surface area contributed by atoms with E-state index in [-0.39, 0.29) is 0 Å². The molecule has 2 atom stereocenters. The third-order valence-electron chi connectivity index (χ3n) is 3.80. The molecule has 0 aliphatic carbocycles. The van der Waals surface area contributed by atoms with Gasteiger partial charge in [-0.3, -0.25) is 9.80 Å². The molecule has 3 heteroatoms. The Labute approximate surface area is 92.9 Å². The Bertz CT molecular complexity index is 217. The fraction of sp³-hybridized carbons (Fsp3) is 0.833. The summed E-state index contributed by atoms with van der Waals surface area (Å²) in [6.45, 7) is 10.7. The molecule has 2 rings (SSSR count). The van der Waals surface area contributed by atoms with Gasteiger partial charge in [0.15, 0.2) is 0 Å². The van der Waals surface area contributed by atoms with Crippen molar-refractivity contribution in [2.75, 3.05) is 39.3 Å². The van der Waals surface area contributed by atoms with Crippen LogP contribution in [0.1, 0.15) is 12.8 Å². The molecule has 0 aromatic carbocycles. The van der Waals surface area contributed by atoms with E-state index in [0.29, 0.717) is 0 Å². The maximum Gasteiger partial charge on any atom is 0.0235 e. The quantitative estimate of drug-likeness (QED) is 0.686. The minimum atomic E-state index is 0.749. The van der Waals surface area contributed by atoms with Crippen molar-refractivity contribution >= 4 is 0 Å². The molecule has 3 nitrogen and oxygen atoms in total. The Balaban J connectivity index is 1.78. The van der Waals surface area contributed by atoms with E-state index in [0.717, 1.165) is 25.0 Å². The van der Waals surface area contributed by atoms with Crippen molar-refractivity contribution in [1.82, 2.24) is 9.80 Å². The van der Waals surface area contributed by atoms with Crippen molar-refractivity contribution < 1.29 is 0 Å². The molecule has 86 valence electrons. The summed E-state index contributed by atoms with van der Waals surface area (Å²) in [4.78, 5) is 5.13. The normalized spacial score (nSPS) is 33.7. The fourth-order valence-electron chi connectivity index (χ4n) is 2.85. The molecule has 0 aromatic heterocycles. The number of hydrogen-bond donors (Lipinski definition) is 1. The lowest BCUT2D eigenvalue weighted by atomic mass is 10.1. The highest BCUT2D eigenvalue weighted by atomic mass is 15.3. The molecule has 2 heterocycles. The molecule has 0 saturated carbocycles. The number of rotatable bonds is 4. The molecule has 15 heavy (non-hydrogen) atoms. The van der Waals surface area contributed by atoms with E-state index in [1.165, 1.54) is 39.0 Å². The molecule has 0 aromatic rings. The van der Waals surface area contributed by atoms with Gasteiger partial charge >= 0.3 is 0 Å². The molecule has 0 radical (unpaired) electrons. The minimum absolute atomic E-state index is 0.749. The van der Waals surface area contributed by atoms with Crippen LogP contribution in [-0.2, 0) is 0 Å². The van der Waals surface area contributed by atoms with Gasteiger partial charge in [-0.05, 0) is 31.8 Å². The van der Waals surface area contributed by atoms with E-state index >= 15 is 0 Å². The molecular formula is C12H23N3. The molecule has 2 aliphatic heterocycles. The monoisotopic (exact) mass is 209 g/mol. The second-order valence-corrected chi connectivity index (χ2v) is 4.88. The molecule has 2 unspecified atom stereocenters. The van der Waals surface area contributed by atoms with E-state index in [1.807, 2.05) is 6.08 Å². The van der Waals surface area contributed by atoms with Gasteiger partial charge < -0.3 is 5.73 Å². The van der Waals surface area contributed by atoms with Crippen LogP contribution in [-0.4, -0.2) is 55.1 Å². The topological polar surface area (TPSA) is 32.5 Å². The first-order valence-electron chi connectivity index (χ1n) is 6.11. The Morgan fingerprint density at radius 3 is 2.80 bits per heavy atom.